The number of aliphatic hydroxyl groups excluding tert-OH is 1. The van der Waals surface area contributed by atoms with E-state index in [1.54, 1.807) is 0 Å². The third kappa shape index (κ3) is 4.55. The zero-order valence-electron chi connectivity index (χ0n) is 12.7. The number of nitrogen functional groups attached to an aromatic ring is 1. The lowest BCUT2D eigenvalue weighted by Crippen LogP contribution is -2.28. The molecule has 21 heavy (non-hydrogen) atoms. The van der Waals surface area contributed by atoms with Crippen LogP contribution in [0.4, 0.5) is 5.69 Å². The smallest absolute Gasteiger partial charge is 0.0917 e. The molecule has 2 aromatic rings. The van der Waals surface area contributed by atoms with E-state index >= 15 is 0 Å². The Bertz CT molecular complexity index is 586. The van der Waals surface area contributed by atoms with Gasteiger partial charge in [-0.25, -0.2) is 0 Å². The number of anilines is 1. The molecule has 4 heteroatoms. The monoisotopic (exact) mass is 285 g/mol. The van der Waals surface area contributed by atoms with E-state index in [1.807, 2.05) is 49.4 Å². The zero-order chi connectivity index (χ0) is 15.2. The van der Waals surface area contributed by atoms with Gasteiger partial charge < -0.3 is 10.8 Å². The Hall–Kier alpha value is -1.91. The Morgan fingerprint density at radius 2 is 2.00 bits per heavy atom. The first kappa shape index (κ1) is 15.5. The van der Waals surface area contributed by atoms with E-state index in [1.165, 1.54) is 0 Å². The van der Waals surface area contributed by atoms with Crippen LogP contribution < -0.4 is 5.73 Å². The number of nitrogens with zero attached hydrogens (tertiary/aromatic N) is 2. The van der Waals surface area contributed by atoms with Crippen LogP contribution >= 0.6 is 0 Å². The summed E-state index contributed by atoms with van der Waals surface area (Å²) in [5, 5.41) is 10.4. The van der Waals surface area contributed by atoms with Crippen molar-refractivity contribution in [2.24, 2.45) is 0 Å². The number of nitrogens with two attached hydrogens (primary N) is 1. The van der Waals surface area contributed by atoms with Crippen molar-refractivity contribution in [2.75, 3.05) is 18.8 Å². The number of hydrogen-bond donors (Lipinski definition) is 2. The van der Waals surface area contributed by atoms with Gasteiger partial charge in [-0.1, -0.05) is 25.1 Å². The molecule has 0 saturated carbocycles. The van der Waals surface area contributed by atoms with E-state index in [4.69, 9.17) is 5.73 Å². The quantitative estimate of drug-likeness (QED) is 0.801. The summed E-state index contributed by atoms with van der Waals surface area (Å²) in [5.41, 5.74) is 9.33. The number of rotatable bonds is 6. The summed E-state index contributed by atoms with van der Waals surface area (Å²) in [7, 11) is 0. The Labute approximate surface area is 126 Å². The minimum Gasteiger partial charge on any atom is -0.399 e. The van der Waals surface area contributed by atoms with Crippen molar-refractivity contribution >= 4 is 5.69 Å². The fourth-order valence-electron chi connectivity index (χ4n) is 2.34. The van der Waals surface area contributed by atoms with Gasteiger partial charge in [0.05, 0.1) is 11.8 Å². The maximum Gasteiger partial charge on any atom is 0.0917 e. The highest BCUT2D eigenvalue weighted by atomic mass is 16.3. The molecule has 2 rings (SSSR count). The molecule has 4 nitrogen and oxygen atoms in total. The van der Waals surface area contributed by atoms with Gasteiger partial charge in [-0.15, -0.1) is 0 Å². The molecule has 0 radical (unpaired) electrons. The summed E-state index contributed by atoms with van der Waals surface area (Å²) in [6.07, 6.45) is -0.543. The molecule has 0 aliphatic rings. The van der Waals surface area contributed by atoms with Gasteiger partial charge in [-0.2, -0.15) is 0 Å². The minimum atomic E-state index is -0.543. The number of pyridine rings is 1. The second kappa shape index (κ2) is 7.20. The predicted octanol–water partition coefficient (Wildman–Crippen LogP) is 2.53. The largest absolute Gasteiger partial charge is 0.399 e. The van der Waals surface area contributed by atoms with Gasteiger partial charge in [0.25, 0.3) is 0 Å². The third-order valence-corrected chi connectivity index (χ3v) is 3.51. The lowest BCUT2D eigenvalue weighted by Gasteiger charge is -2.23. The summed E-state index contributed by atoms with van der Waals surface area (Å²) in [6, 6.07) is 13.4. The zero-order valence-corrected chi connectivity index (χ0v) is 12.7. The Kier molecular flexibility index (Phi) is 5.31. The summed E-state index contributed by atoms with van der Waals surface area (Å²) in [5.74, 6) is 0. The van der Waals surface area contributed by atoms with Gasteiger partial charge in [0, 0.05) is 24.5 Å². The number of aryl methyl sites for hydroxylation is 1. The van der Waals surface area contributed by atoms with Crippen LogP contribution in [0.2, 0.25) is 0 Å². The van der Waals surface area contributed by atoms with E-state index in [0.717, 1.165) is 30.0 Å². The highest BCUT2D eigenvalue weighted by molar-refractivity contribution is 5.41. The van der Waals surface area contributed by atoms with Crippen LogP contribution in [0.5, 0.6) is 0 Å². The Morgan fingerprint density at radius 1 is 1.24 bits per heavy atom. The van der Waals surface area contributed by atoms with Crippen molar-refractivity contribution in [3.05, 3.63) is 59.4 Å². The van der Waals surface area contributed by atoms with Crippen molar-refractivity contribution in [2.45, 2.75) is 26.5 Å². The van der Waals surface area contributed by atoms with Crippen LogP contribution in [0.3, 0.4) is 0 Å². The Balaban J connectivity index is 2.01. The van der Waals surface area contributed by atoms with Crippen molar-refractivity contribution in [1.82, 2.24) is 9.88 Å². The second-order valence-corrected chi connectivity index (χ2v) is 5.28. The lowest BCUT2D eigenvalue weighted by atomic mass is 10.1. The first-order chi connectivity index (χ1) is 10.1. The van der Waals surface area contributed by atoms with Gasteiger partial charge in [0.1, 0.15) is 0 Å². The van der Waals surface area contributed by atoms with Crippen molar-refractivity contribution in [1.29, 1.82) is 0 Å². The molecule has 1 aromatic carbocycles. The first-order valence-electron chi connectivity index (χ1n) is 7.27. The topological polar surface area (TPSA) is 62.4 Å². The van der Waals surface area contributed by atoms with Gasteiger partial charge >= 0.3 is 0 Å². The van der Waals surface area contributed by atoms with Crippen molar-refractivity contribution < 1.29 is 5.11 Å². The first-order valence-corrected chi connectivity index (χ1v) is 7.27. The molecule has 1 unspecified atom stereocenters. The van der Waals surface area contributed by atoms with Crippen LogP contribution in [0.1, 0.15) is 30.0 Å². The van der Waals surface area contributed by atoms with Crippen molar-refractivity contribution in [3.8, 4) is 0 Å². The molecule has 0 fully saturated rings. The maximum absolute atomic E-state index is 10.4. The van der Waals surface area contributed by atoms with E-state index in [-0.39, 0.29) is 0 Å². The number of hydrogen-bond acceptors (Lipinski definition) is 4. The third-order valence-electron chi connectivity index (χ3n) is 3.51. The molecule has 1 atom stereocenters. The normalized spacial score (nSPS) is 12.6. The highest BCUT2D eigenvalue weighted by Crippen LogP contribution is 2.17. The molecule has 0 spiro atoms. The van der Waals surface area contributed by atoms with Gasteiger partial charge in [-0.3, -0.25) is 9.88 Å². The molecular formula is C17H23N3O. The minimum absolute atomic E-state index is 0.543. The molecule has 0 bridgehead atoms. The fraction of sp³-hybridized carbons (Fsp3) is 0.353. The molecule has 1 aromatic heterocycles. The van der Waals surface area contributed by atoms with Gasteiger partial charge in [0.2, 0.25) is 0 Å². The second-order valence-electron chi connectivity index (χ2n) is 5.28. The molecule has 1 heterocycles. The average molecular weight is 285 g/mol. The number of likely N-dealkylation sites (N-methyl/N-ethyl adjacent to an activating group) is 1. The number of aromatic nitrogens is 1. The number of aliphatic hydroxyl groups is 1. The fourth-order valence-corrected chi connectivity index (χ4v) is 2.34. The van der Waals surface area contributed by atoms with Crippen molar-refractivity contribution in [3.63, 3.8) is 0 Å². The van der Waals surface area contributed by atoms with E-state index in [2.05, 4.69) is 16.8 Å². The summed E-state index contributed by atoms with van der Waals surface area (Å²) < 4.78 is 0. The van der Waals surface area contributed by atoms with Crippen LogP contribution in [-0.2, 0) is 6.54 Å². The van der Waals surface area contributed by atoms with E-state index in [9.17, 15) is 5.11 Å². The van der Waals surface area contributed by atoms with E-state index < -0.39 is 6.10 Å². The summed E-state index contributed by atoms with van der Waals surface area (Å²) in [4.78, 5) is 6.69. The van der Waals surface area contributed by atoms with Crippen LogP contribution in [0.15, 0.2) is 42.5 Å². The predicted molar refractivity (Wildman–Crippen MR) is 85.7 cm³/mol. The molecule has 3 N–H and O–H groups in total. The molecule has 0 aliphatic heterocycles. The molecular weight excluding hydrogens is 262 g/mol. The SMILES string of the molecule is CCN(Cc1cccc(C)n1)CC(O)c1cccc(N)c1. The number of benzene rings is 1. The van der Waals surface area contributed by atoms with E-state index in [0.29, 0.717) is 12.2 Å². The highest BCUT2D eigenvalue weighted by Gasteiger charge is 2.13. The summed E-state index contributed by atoms with van der Waals surface area (Å²) >= 11 is 0. The van der Waals surface area contributed by atoms with Gasteiger partial charge in [-0.05, 0) is 43.3 Å². The molecule has 112 valence electrons. The van der Waals surface area contributed by atoms with Crippen LogP contribution in [0.25, 0.3) is 0 Å². The van der Waals surface area contributed by atoms with Crippen LogP contribution in [-0.4, -0.2) is 28.1 Å². The molecule has 0 aliphatic carbocycles. The van der Waals surface area contributed by atoms with Crippen LogP contribution in [0, 0.1) is 6.92 Å². The summed E-state index contributed by atoms with van der Waals surface area (Å²) in [6.45, 7) is 6.23. The molecule has 0 amide bonds. The average Bonchev–Trinajstić information content (AvgIpc) is 2.46. The van der Waals surface area contributed by atoms with Gasteiger partial charge in [0.15, 0.2) is 0 Å². The Morgan fingerprint density at radius 3 is 2.67 bits per heavy atom. The standard InChI is InChI=1S/C17H23N3O/c1-3-20(11-16-9-4-6-13(2)19-16)12-17(21)14-7-5-8-15(18)10-14/h4-10,17,21H,3,11-12,18H2,1-2H3. The lowest BCUT2D eigenvalue weighted by molar-refractivity contribution is 0.111. The molecule has 0 saturated heterocycles. The maximum atomic E-state index is 10.4.